The van der Waals surface area contributed by atoms with Crippen molar-refractivity contribution in [2.75, 3.05) is 20.7 Å². The number of nitrogens with zero attached hydrogens (tertiary/aromatic N) is 2. The first-order valence-corrected chi connectivity index (χ1v) is 5.93. The molecule has 0 radical (unpaired) electrons. The Balaban J connectivity index is 2.14. The second-order valence-electron chi connectivity index (χ2n) is 4.36. The molecule has 0 N–H and O–H groups in total. The zero-order chi connectivity index (χ0) is 13.8. The van der Waals surface area contributed by atoms with Crippen LogP contribution in [0.3, 0.4) is 0 Å². The largest absolute Gasteiger partial charge is 0.366 e. The van der Waals surface area contributed by atoms with Gasteiger partial charge in [-0.2, -0.15) is 4.89 Å². The Morgan fingerprint density at radius 1 is 1.37 bits per heavy atom. The molecular weight excluding hydrogens is 248 g/mol. The molecule has 1 heterocycles. The topological polar surface area (TPSA) is 59.1 Å². The lowest BCUT2D eigenvalue weighted by atomic mass is 10.2. The van der Waals surface area contributed by atoms with Gasteiger partial charge in [-0.05, 0) is 5.56 Å². The van der Waals surface area contributed by atoms with Crippen LogP contribution in [-0.2, 0) is 21.1 Å². The molecule has 6 nitrogen and oxygen atoms in total. The number of hydrogen-bond acceptors (Lipinski definition) is 4. The molecule has 2 amide bonds. The van der Waals surface area contributed by atoms with Gasteiger partial charge in [0.25, 0.3) is 0 Å². The van der Waals surface area contributed by atoms with Crippen molar-refractivity contribution >= 4 is 12.0 Å². The summed E-state index contributed by atoms with van der Waals surface area (Å²) in [4.78, 5) is 35.7. The van der Waals surface area contributed by atoms with Gasteiger partial charge in [-0.15, -0.1) is 0 Å². The van der Waals surface area contributed by atoms with E-state index < -0.39 is 12.0 Å². The highest BCUT2D eigenvalue weighted by molar-refractivity contribution is 5.87. The molecule has 0 aromatic heterocycles. The molecule has 1 aliphatic heterocycles. The maximum absolute atomic E-state index is 12.0. The van der Waals surface area contributed by atoms with E-state index in [1.54, 1.807) is 7.05 Å². The van der Waals surface area contributed by atoms with Gasteiger partial charge in [-0.1, -0.05) is 30.3 Å². The van der Waals surface area contributed by atoms with E-state index in [4.69, 9.17) is 0 Å². The van der Waals surface area contributed by atoms with Crippen LogP contribution >= 0.6 is 0 Å². The van der Waals surface area contributed by atoms with E-state index in [0.29, 0.717) is 13.1 Å². The predicted octanol–water partition coefficient (Wildman–Crippen LogP) is 1.03. The Morgan fingerprint density at radius 2 is 2.05 bits per heavy atom. The summed E-state index contributed by atoms with van der Waals surface area (Å²) in [6.07, 6.45) is 0. The van der Waals surface area contributed by atoms with Crippen LogP contribution in [0.1, 0.15) is 5.56 Å². The van der Waals surface area contributed by atoms with Crippen molar-refractivity contribution in [3.63, 3.8) is 0 Å². The molecular formula is C13H16N2O4. The highest BCUT2D eigenvalue weighted by atomic mass is 17.2. The second kappa shape index (κ2) is 5.71. The first kappa shape index (κ1) is 13.4. The number of hydrogen-bond donors (Lipinski definition) is 0. The summed E-state index contributed by atoms with van der Waals surface area (Å²) in [6.45, 7) is 0.668. The third kappa shape index (κ3) is 2.85. The lowest BCUT2D eigenvalue weighted by Crippen LogP contribution is -2.40. The molecule has 0 aliphatic carbocycles. The van der Waals surface area contributed by atoms with Crippen molar-refractivity contribution in [1.82, 2.24) is 9.80 Å². The van der Waals surface area contributed by atoms with Crippen LogP contribution in [0, 0.1) is 0 Å². The smallest absolute Gasteiger partial charge is 0.325 e. The Morgan fingerprint density at radius 3 is 2.68 bits per heavy atom. The van der Waals surface area contributed by atoms with Gasteiger partial charge in [0.2, 0.25) is 0 Å². The van der Waals surface area contributed by atoms with Crippen LogP contribution in [0.25, 0.3) is 0 Å². The maximum atomic E-state index is 12.0. The fourth-order valence-electron chi connectivity index (χ4n) is 2.09. The molecule has 2 rings (SSSR count). The Labute approximate surface area is 111 Å². The average Bonchev–Trinajstić information content (AvgIpc) is 2.69. The van der Waals surface area contributed by atoms with Crippen molar-refractivity contribution in [3.8, 4) is 0 Å². The Hall–Kier alpha value is -2.08. The molecule has 1 aromatic carbocycles. The normalized spacial score (nSPS) is 18.8. The summed E-state index contributed by atoms with van der Waals surface area (Å²) in [5.74, 6) is -0.559. The Kier molecular flexibility index (Phi) is 4.01. The quantitative estimate of drug-likeness (QED) is 0.602. The molecule has 102 valence electrons. The van der Waals surface area contributed by atoms with Crippen LogP contribution in [-0.4, -0.2) is 48.5 Å². The van der Waals surface area contributed by atoms with Gasteiger partial charge in [0, 0.05) is 13.6 Å². The molecule has 1 aliphatic rings. The van der Waals surface area contributed by atoms with E-state index in [0.717, 1.165) is 5.56 Å². The van der Waals surface area contributed by atoms with Gasteiger partial charge < -0.3 is 9.80 Å². The van der Waals surface area contributed by atoms with E-state index in [-0.39, 0.29) is 6.03 Å². The zero-order valence-electron chi connectivity index (χ0n) is 10.9. The monoisotopic (exact) mass is 264 g/mol. The number of carbonyl (C=O) groups excluding carboxylic acids is 2. The minimum atomic E-state index is -0.641. The number of urea groups is 1. The highest BCUT2D eigenvalue weighted by Gasteiger charge is 2.41. The number of carbonyl (C=O) groups is 2. The van der Waals surface area contributed by atoms with Crippen LogP contribution in [0.4, 0.5) is 4.79 Å². The van der Waals surface area contributed by atoms with Gasteiger partial charge in [-0.3, -0.25) is 4.89 Å². The first-order chi connectivity index (χ1) is 9.13. The molecule has 1 fully saturated rings. The molecule has 1 aromatic rings. The summed E-state index contributed by atoms with van der Waals surface area (Å²) >= 11 is 0. The SMILES string of the molecule is COOC(=O)[C@@H]1CN(C)C(=O)N1Cc1ccccc1. The summed E-state index contributed by atoms with van der Waals surface area (Å²) in [5.41, 5.74) is 0.960. The van der Waals surface area contributed by atoms with Crippen LogP contribution in [0.15, 0.2) is 30.3 Å². The fourth-order valence-corrected chi connectivity index (χ4v) is 2.09. The van der Waals surface area contributed by atoms with Gasteiger partial charge in [-0.25, -0.2) is 9.59 Å². The fraction of sp³-hybridized carbons (Fsp3) is 0.385. The number of rotatable bonds is 4. The average molecular weight is 264 g/mol. The van der Waals surface area contributed by atoms with E-state index in [2.05, 4.69) is 9.78 Å². The minimum Gasteiger partial charge on any atom is -0.325 e. The Bertz CT molecular complexity index is 463. The lowest BCUT2D eigenvalue weighted by molar-refractivity contribution is -0.258. The second-order valence-corrected chi connectivity index (χ2v) is 4.36. The summed E-state index contributed by atoms with van der Waals surface area (Å²) in [6, 6.07) is 8.66. The predicted molar refractivity (Wildman–Crippen MR) is 66.9 cm³/mol. The van der Waals surface area contributed by atoms with Crippen LogP contribution in [0.2, 0.25) is 0 Å². The summed E-state index contributed by atoms with van der Waals surface area (Å²) in [7, 11) is 2.92. The molecule has 6 heteroatoms. The number of benzene rings is 1. The molecule has 0 saturated carbocycles. The van der Waals surface area contributed by atoms with Crippen LogP contribution in [0.5, 0.6) is 0 Å². The van der Waals surface area contributed by atoms with Gasteiger partial charge in [0.1, 0.15) is 0 Å². The van der Waals surface area contributed by atoms with Crippen molar-refractivity contribution in [2.24, 2.45) is 0 Å². The molecule has 1 saturated heterocycles. The van der Waals surface area contributed by atoms with E-state index in [1.807, 2.05) is 30.3 Å². The summed E-state index contributed by atoms with van der Waals surface area (Å²) in [5, 5.41) is 0. The van der Waals surface area contributed by atoms with Crippen molar-refractivity contribution < 1.29 is 19.4 Å². The highest BCUT2D eigenvalue weighted by Crippen LogP contribution is 2.19. The molecule has 19 heavy (non-hydrogen) atoms. The summed E-state index contributed by atoms with van der Waals surface area (Å²) < 4.78 is 0. The molecule has 0 spiro atoms. The number of amides is 2. The standard InChI is InChI=1S/C13H16N2O4/c1-14-9-11(12(16)19-18-2)15(13(14)17)8-10-6-4-3-5-7-10/h3-7,11H,8-9H2,1-2H3/t11-/m0/s1. The molecule has 0 unspecified atom stereocenters. The van der Waals surface area contributed by atoms with Crippen molar-refractivity contribution in [3.05, 3.63) is 35.9 Å². The molecule has 1 atom stereocenters. The first-order valence-electron chi connectivity index (χ1n) is 5.93. The van der Waals surface area contributed by atoms with E-state index in [1.165, 1.54) is 16.9 Å². The lowest BCUT2D eigenvalue weighted by Gasteiger charge is -2.20. The van der Waals surface area contributed by atoms with E-state index in [9.17, 15) is 9.59 Å². The number of likely N-dealkylation sites (N-methyl/N-ethyl adjacent to an activating group) is 1. The minimum absolute atomic E-state index is 0.193. The third-order valence-corrected chi connectivity index (χ3v) is 3.03. The van der Waals surface area contributed by atoms with Crippen LogP contribution < -0.4 is 0 Å². The maximum Gasteiger partial charge on any atom is 0.366 e. The van der Waals surface area contributed by atoms with Gasteiger partial charge >= 0.3 is 12.0 Å². The zero-order valence-corrected chi connectivity index (χ0v) is 10.9. The van der Waals surface area contributed by atoms with Crippen molar-refractivity contribution in [2.45, 2.75) is 12.6 Å². The van der Waals surface area contributed by atoms with Gasteiger partial charge in [0.15, 0.2) is 6.04 Å². The molecule has 0 bridgehead atoms. The van der Waals surface area contributed by atoms with Gasteiger partial charge in [0.05, 0.1) is 13.7 Å². The van der Waals surface area contributed by atoms with E-state index >= 15 is 0 Å². The van der Waals surface area contributed by atoms with Crippen molar-refractivity contribution in [1.29, 1.82) is 0 Å². The third-order valence-electron chi connectivity index (χ3n) is 3.03.